The summed E-state index contributed by atoms with van der Waals surface area (Å²) in [5.41, 5.74) is 4.72. The molecule has 0 aliphatic carbocycles. The molecule has 312 valence electrons. The zero-order valence-corrected chi connectivity index (χ0v) is 34.0. The standard InChI is InChI=1S/C39H40F2N5O11PS/c1-22(2)55-38(48)23(3)44-58(50,56-25-11-6-5-7-12-25)57-43-30-18-31(27-17-29(40)34(41)28-20-59-32-13-9-8-10-24(32)16-26(27)28)46-35(36(30)53-21-54-39(49)51-4)37(47)45-14-15-52-19-33(45)42-46/h5-13,17-18,22-23,33,42H,14-16,19-21H2,1-4H3,(H,44,50)/b43-30+/t23-,33+,58?/m1/s1. The van der Waals surface area contributed by atoms with Crippen LogP contribution in [-0.4, -0.2) is 79.6 Å². The van der Waals surface area contributed by atoms with Crippen molar-refractivity contribution in [3.8, 4) is 22.8 Å². The lowest BCUT2D eigenvalue weighted by atomic mass is 9.92. The van der Waals surface area contributed by atoms with Crippen molar-refractivity contribution < 1.29 is 60.6 Å². The quantitative estimate of drug-likeness (QED) is 0.0728. The monoisotopic (exact) mass is 855 g/mol. The van der Waals surface area contributed by atoms with Crippen LogP contribution < -0.4 is 25.1 Å². The van der Waals surface area contributed by atoms with Crippen molar-refractivity contribution in [2.24, 2.45) is 5.16 Å². The number of methoxy groups -OCH3 is 1. The lowest BCUT2D eigenvalue weighted by Crippen LogP contribution is -2.59. The first-order chi connectivity index (χ1) is 28.4. The molecule has 1 amide bonds. The van der Waals surface area contributed by atoms with Crippen LogP contribution >= 0.6 is 19.5 Å². The molecule has 4 heterocycles. The summed E-state index contributed by atoms with van der Waals surface area (Å²) in [5.74, 6) is -3.69. The van der Waals surface area contributed by atoms with E-state index in [0.717, 1.165) is 23.6 Å². The molecular formula is C39H40F2N5O11PS. The van der Waals surface area contributed by atoms with Crippen LogP contribution in [0.1, 0.15) is 48.0 Å². The largest absolute Gasteiger partial charge is 0.533 e. The number of amides is 1. The minimum Gasteiger partial charge on any atom is -0.462 e. The number of carbonyl (C=O) groups is 3. The lowest BCUT2D eigenvalue weighted by Gasteiger charge is -2.42. The molecule has 1 aromatic heterocycles. The van der Waals surface area contributed by atoms with Gasteiger partial charge in [-0.2, -0.15) is 5.09 Å². The highest BCUT2D eigenvalue weighted by molar-refractivity contribution is 7.98. The maximum Gasteiger partial charge on any atom is 0.533 e. The minimum atomic E-state index is -4.68. The molecule has 3 aliphatic heterocycles. The number of ether oxygens (including phenoxy) is 5. The van der Waals surface area contributed by atoms with E-state index in [2.05, 4.69) is 20.4 Å². The van der Waals surface area contributed by atoms with Gasteiger partial charge in [0.05, 0.1) is 32.1 Å². The second-order valence-corrected chi connectivity index (χ2v) is 16.3. The van der Waals surface area contributed by atoms with Gasteiger partial charge in [-0.3, -0.25) is 14.2 Å². The number of hydrogen-bond acceptors (Lipinski definition) is 14. The van der Waals surface area contributed by atoms with Gasteiger partial charge in [0.1, 0.15) is 23.3 Å². The van der Waals surface area contributed by atoms with Gasteiger partial charge in [-0.15, -0.1) is 11.8 Å². The fourth-order valence-corrected chi connectivity index (χ4v) is 9.02. The van der Waals surface area contributed by atoms with Crippen LogP contribution in [0.4, 0.5) is 13.6 Å². The molecule has 1 fully saturated rings. The Hall–Kier alpha value is -5.62. The first-order valence-electron chi connectivity index (χ1n) is 18.4. The maximum absolute atomic E-state index is 15.8. The number of halogens is 2. The van der Waals surface area contributed by atoms with Crippen LogP contribution in [0, 0.1) is 11.6 Å². The molecule has 59 heavy (non-hydrogen) atoms. The van der Waals surface area contributed by atoms with Gasteiger partial charge in [0, 0.05) is 28.3 Å². The summed E-state index contributed by atoms with van der Waals surface area (Å²) >= 11 is 1.36. The highest BCUT2D eigenvalue weighted by Gasteiger charge is 2.40. The Morgan fingerprint density at radius 2 is 1.85 bits per heavy atom. The molecule has 2 N–H and O–H groups in total. The normalized spacial score (nSPS) is 17.5. The first kappa shape index (κ1) is 41.5. The Kier molecular flexibility index (Phi) is 12.5. The minimum absolute atomic E-state index is 0.0768. The first-order valence-corrected chi connectivity index (χ1v) is 20.9. The number of aromatic nitrogens is 1. The molecule has 0 spiro atoms. The number of hydrogen-bond donors (Lipinski definition) is 2. The molecule has 1 saturated heterocycles. The lowest BCUT2D eigenvalue weighted by molar-refractivity contribution is -0.149. The molecule has 7 rings (SSSR count). The van der Waals surface area contributed by atoms with Gasteiger partial charge < -0.3 is 38.5 Å². The van der Waals surface area contributed by atoms with Crippen molar-refractivity contribution in [2.75, 3.05) is 39.1 Å². The van der Waals surface area contributed by atoms with Gasteiger partial charge in [-0.1, -0.05) is 41.6 Å². The fraction of sp³-hybridized carbons (Fsp3) is 0.333. The Bertz CT molecular complexity index is 2390. The summed E-state index contributed by atoms with van der Waals surface area (Å²) in [6.07, 6.45) is -2.12. The van der Waals surface area contributed by atoms with Crippen molar-refractivity contribution in [3.63, 3.8) is 0 Å². The van der Waals surface area contributed by atoms with E-state index >= 15 is 8.78 Å². The van der Waals surface area contributed by atoms with Gasteiger partial charge in [0.2, 0.25) is 6.79 Å². The number of benzene rings is 3. The van der Waals surface area contributed by atoms with Crippen molar-refractivity contribution in [1.82, 2.24) is 14.7 Å². The number of esters is 1. The number of morpholine rings is 1. The third-order valence-corrected chi connectivity index (χ3v) is 11.9. The number of para-hydroxylation sites is 1. The van der Waals surface area contributed by atoms with Crippen molar-refractivity contribution >= 4 is 37.5 Å². The molecule has 3 aromatic carbocycles. The molecule has 16 nitrogen and oxygen atoms in total. The van der Waals surface area contributed by atoms with Crippen molar-refractivity contribution in [3.05, 3.63) is 106 Å². The van der Waals surface area contributed by atoms with Crippen molar-refractivity contribution in [1.29, 1.82) is 0 Å². The molecule has 3 atom stereocenters. The number of thioether (sulfide) groups is 1. The summed E-state index contributed by atoms with van der Waals surface area (Å²) in [6, 6.07) is 16.6. The third kappa shape index (κ3) is 9.02. The van der Waals surface area contributed by atoms with Crippen LogP contribution in [0.25, 0.3) is 11.3 Å². The fourth-order valence-electron chi connectivity index (χ4n) is 6.61. The molecule has 4 aromatic rings. The molecular weight excluding hydrogens is 815 g/mol. The molecule has 0 radical (unpaired) electrons. The van der Waals surface area contributed by atoms with Crippen LogP contribution in [0.2, 0.25) is 0 Å². The van der Waals surface area contributed by atoms with Gasteiger partial charge in [-0.25, -0.2) is 22.8 Å². The molecule has 0 saturated carbocycles. The van der Waals surface area contributed by atoms with E-state index in [1.165, 1.54) is 46.5 Å². The van der Waals surface area contributed by atoms with E-state index in [0.29, 0.717) is 5.56 Å². The van der Waals surface area contributed by atoms with E-state index in [1.807, 2.05) is 24.3 Å². The Labute approximate surface area is 341 Å². The number of nitrogens with zero attached hydrogens (tertiary/aromatic N) is 3. The van der Waals surface area contributed by atoms with E-state index < -0.39 is 62.5 Å². The molecule has 20 heteroatoms. The molecule has 0 bridgehead atoms. The van der Waals surface area contributed by atoms with E-state index in [-0.39, 0.29) is 71.3 Å². The second kappa shape index (κ2) is 17.7. The topological polar surface area (TPSA) is 177 Å². The maximum atomic E-state index is 15.8. The SMILES string of the molecule is COC(=O)OCOc1c2n(c(-c3cc(F)c(F)c4c3Cc3ccccc3SC4)c/c1=N\OP(=O)(N[C@H](C)C(=O)OC(C)C)Oc1ccccc1)N[C@@H]1COCCN1C2=O. The van der Waals surface area contributed by atoms with Gasteiger partial charge in [0.25, 0.3) is 5.91 Å². The second-order valence-electron chi connectivity index (χ2n) is 13.7. The number of pyridine rings is 1. The highest BCUT2D eigenvalue weighted by atomic mass is 32.2. The average Bonchev–Trinajstić information content (AvgIpc) is 3.42. The summed E-state index contributed by atoms with van der Waals surface area (Å²) in [7, 11) is -3.59. The summed E-state index contributed by atoms with van der Waals surface area (Å²) in [5, 5.41) is 6.42. The van der Waals surface area contributed by atoms with E-state index in [9.17, 15) is 18.9 Å². The zero-order chi connectivity index (χ0) is 41.8. The Morgan fingerprint density at radius 3 is 2.61 bits per heavy atom. The van der Waals surface area contributed by atoms with Crippen LogP contribution in [0.5, 0.6) is 11.5 Å². The number of fused-ring (bicyclic) bond motifs is 4. The van der Waals surface area contributed by atoms with Gasteiger partial charge in [0.15, 0.2) is 23.1 Å². The van der Waals surface area contributed by atoms with E-state index in [1.54, 1.807) is 32.0 Å². The summed E-state index contributed by atoms with van der Waals surface area (Å²) in [4.78, 5) is 41.8. The summed E-state index contributed by atoms with van der Waals surface area (Å²) < 4.78 is 85.4. The average molecular weight is 856 g/mol. The van der Waals surface area contributed by atoms with Crippen LogP contribution in [0.15, 0.2) is 76.8 Å². The predicted molar refractivity (Wildman–Crippen MR) is 208 cm³/mol. The molecule has 1 unspecified atom stereocenters. The van der Waals surface area contributed by atoms with E-state index in [4.69, 9.17) is 28.1 Å². The van der Waals surface area contributed by atoms with Gasteiger partial charge >= 0.3 is 19.9 Å². The van der Waals surface area contributed by atoms with Crippen LogP contribution in [0.3, 0.4) is 0 Å². The number of nitrogens with one attached hydrogen (secondary N) is 2. The summed E-state index contributed by atoms with van der Waals surface area (Å²) in [6.45, 7) is 4.32. The third-order valence-electron chi connectivity index (χ3n) is 9.30. The van der Waals surface area contributed by atoms with Gasteiger partial charge in [-0.05, 0) is 68.7 Å². The van der Waals surface area contributed by atoms with Crippen LogP contribution in [-0.2, 0) is 45.1 Å². The zero-order valence-electron chi connectivity index (χ0n) is 32.3. The Balaban J connectivity index is 1.45. The molecule has 3 aliphatic rings. The smallest absolute Gasteiger partial charge is 0.462 e. The number of carbonyl (C=O) groups excluding carboxylic acids is 3. The number of rotatable bonds is 12. The highest BCUT2D eigenvalue weighted by Crippen LogP contribution is 2.46. The Morgan fingerprint density at radius 1 is 1.08 bits per heavy atom. The van der Waals surface area contributed by atoms with Crippen molar-refractivity contribution in [2.45, 2.75) is 56.2 Å². The predicted octanol–water partition coefficient (Wildman–Crippen LogP) is 6.05.